The van der Waals surface area contributed by atoms with E-state index in [1.165, 1.54) is 18.2 Å². The molecule has 0 aromatic heterocycles. The summed E-state index contributed by atoms with van der Waals surface area (Å²) in [7, 11) is 0. The molecule has 0 radical (unpaired) electrons. The van der Waals surface area contributed by atoms with Crippen molar-refractivity contribution >= 4 is 69.8 Å². The van der Waals surface area contributed by atoms with Gasteiger partial charge in [-0.25, -0.2) is 0 Å². The Bertz CT molecular complexity index is 740. The zero-order valence-corrected chi connectivity index (χ0v) is 14.7. The minimum atomic E-state index is -0.368. The third-order valence-corrected chi connectivity index (χ3v) is 3.73. The molecule has 0 aliphatic carbocycles. The lowest BCUT2D eigenvalue weighted by molar-refractivity contribution is -0.115. The third kappa shape index (κ3) is 5.52. The average molecular weight is 386 g/mol. The van der Waals surface area contributed by atoms with Gasteiger partial charge in [0, 0.05) is 11.1 Å². The Hall–Kier alpha value is -1.59. The van der Waals surface area contributed by atoms with Gasteiger partial charge in [-0.05, 0) is 36.0 Å². The van der Waals surface area contributed by atoms with Crippen LogP contribution in [-0.4, -0.2) is 11.0 Å². The van der Waals surface area contributed by atoms with Crippen molar-refractivity contribution in [1.82, 2.24) is 5.32 Å². The summed E-state index contributed by atoms with van der Waals surface area (Å²) in [5.74, 6) is -0.368. The second-order valence-corrected chi connectivity index (χ2v) is 6.09. The van der Waals surface area contributed by atoms with Gasteiger partial charge in [-0.15, -0.1) is 0 Å². The number of thiocarbonyl (C=S) groups is 1. The normalized spacial score (nSPS) is 10.6. The van der Waals surface area contributed by atoms with E-state index in [4.69, 9.17) is 47.0 Å². The first-order chi connectivity index (χ1) is 11.0. The van der Waals surface area contributed by atoms with Gasteiger partial charge in [0.2, 0.25) is 5.91 Å². The highest BCUT2D eigenvalue weighted by atomic mass is 35.5. The van der Waals surface area contributed by atoms with E-state index in [1.807, 2.05) is 30.3 Å². The summed E-state index contributed by atoms with van der Waals surface area (Å²) in [6.07, 6.45) is 3.06. The molecule has 23 heavy (non-hydrogen) atoms. The number of nitrogens with one attached hydrogen (secondary N) is 2. The molecule has 0 heterocycles. The fraction of sp³-hybridized carbons (Fsp3) is 0. The predicted octanol–water partition coefficient (Wildman–Crippen LogP) is 5.17. The molecule has 0 aliphatic heterocycles. The van der Waals surface area contributed by atoms with E-state index in [2.05, 4.69) is 10.6 Å². The van der Waals surface area contributed by atoms with Gasteiger partial charge in [0.05, 0.1) is 15.7 Å². The van der Waals surface area contributed by atoms with Crippen LogP contribution in [0.4, 0.5) is 5.69 Å². The Labute approximate surface area is 154 Å². The fourth-order valence-corrected chi connectivity index (χ4v) is 2.81. The van der Waals surface area contributed by atoms with Crippen LogP contribution in [0.2, 0.25) is 15.1 Å². The summed E-state index contributed by atoms with van der Waals surface area (Å²) >= 11 is 23.0. The summed E-state index contributed by atoms with van der Waals surface area (Å²) in [6, 6.07) is 12.5. The Kier molecular flexibility index (Phi) is 6.42. The van der Waals surface area contributed by atoms with Crippen molar-refractivity contribution < 1.29 is 4.79 Å². The molecule has 0 unspecified atom stereocenters. The van der Waals surface area contributed by atoms with Gasteiger partial charge in [0.25, 0.3) is 0 Å². The monoisotopic (exact) mass is 384 g/mol. The minimum Gasteiger partial charge on any atom is -0.330 e. The second kappa shape index (κ2) is 8.31. The number of carbonyl (C=O) groups excluding carboxylic acids is 1. The number of benzene rings is 2. The Morgan fingerprint density at radius 3 is 2.26 bits per heavy atom. The van der Waals surface area contributed by atoms with Crippen LogP contribution in [-0.2, 0) is 4.79 Å². The number of carbonyl (C=O) groups is 1. The number of hydrogen-bond donors (Lipinski definition) is 2. The number of halogens is 3. The van der Waals surface area contributed by atoms with Crippen LogP contribution in [0.15, 0.2) is 48.5 Å². The van der Waals surface area contributed by atoms with Crippen LogP contribution in [0, 0.1) is 0 Å². The molecule has 0 fully saturated rings. The van der Waals surface area contributed by atoms with Crippen LogP contribution in [0.5, 0.6) is 0 Å². The highest BCUT2D eigenvalue weighted by Gasteiger charge is 2.10. The highest BCUT2D eigenvalue weighted by Crippen LogP contribution is 2.33. The van der Waals surface area contributed by atoms with E-state index in [0.717, 1.165) is 5.56 Å². The molecule has 0 aliphatic rings. The van der Waals surface area contributed by atoms with Crippen molar-refractivity contribution in [3.05, 3.63) is 69.2 Å². The van der Waals surface area contributed by atoms with Gasteiger partial charge in [-0.3, -0.25) is 10.1 Å². The molecule has 0 spiro atoms. The Morgan fingerprint density at radius 1 is 1.04 bits per heavy atom. The number of rotatable bonds is 3. The highest BCUT2D eigenvalue weighted by molar-refractivity contribution is 7.80. The lowest BCUT2D eigenvalue weighted by Crippen LogP contribution is -2.33. The minimum absolute atomic E-state index is 0.0823. The molecule has 1 amide bonds. The van der Waals surface area contributed by atoms with Crippen molar-refractivity contribution in [2.75, 3.05) is 5.32 Å². The fourth-order valence-electron chi connectivity index (χ4n) is 1.70. The van der Waals surface area contributed by atoms with Gasteiger partial charge in [-0.1, -0.05) is 65.1 Å². The first-order valence-corrected chi connectivity index (χ1v) is 7.99. The molecule has 2 rings (SSSR count). The van der Waals surface area contributed by atoms with Gasteiger partial charge in [0.1, 0.15) is 0 Å². The maximum absolute atomic E-state index is 11.8. The van der Waals surface area contributed by atoms with E-state index in [-0.39, 0.29) is 11.0 Å². The zero-order valence-electron chi connectivity index (χ0n) is 11.6. The van der Waals surface area contributed by atoms with E-state index in [1.54, 1.807) is 6.08 Å². The number of amides is 1. The summed E-state index contributed by atoms with van der Waals surface area (Å²) in [4.78, 5) is 11.8. The molecule has 0 saturated carbocycles. The molecule has 118 valence electrons. The molecule has 2 N–H and O–H groups in total. The standard InChI is InChI=1S/C16H11Cl3N2OS/c17-11-8-12(18)15(13(19)9-11)21-16(23)20-14(22)7-6-10-4-2-1-3-5-10/h1-9H,(H2,20,21,22,23)/b7-6+. The topological polar surface area (TPSA) is 41.1 Å². The molecule has 2 aromatic carbocycles. The first kappa shape index (κ1) is 17.8. The van der Waals surface area contributed by atoms with Crippen LogP contribution >= 0.6 is 47.0 Å². The van der Waals surface area contributed by atoms with E-state index >= 15 is 0 Å². The molecular formula is C16H11Cl3N2OS. The third-order valence-electron chi connectivity index (χ3n) is 2.71. The van der Waals surface area contributed by atoms with E-state index in [9.17, 15) is 4.79 Å². The number of anilines is 1. The zero-order chi connectivity index (χ0) is 16.8. The van der Waals surface area contributed by atoms with Gasteiger partial charge in [0.15, 0.2) is 5.11 Å². The smallest absolute Gasteiger partial charge is 0.250 e. The Balaban J connectivity index is 1.97. The summed E-state index contributed by atoms with van der Waals surface area (Å²) in [5, 5.41) is 6.39. The van der Waals surface area contributed by atoms with Crippen LogP contribution < -0.4 is 10.6 Å². The predicted molar refractivity (Wildman–Crippen MR) is 101 cm³/mol. The molecule has 0 atom stereocenters. The van der Waals surface area contributed by atoms with E-state index < -0.39 is 0 Å². The van der Waals surface area contributed by atoms with Crippen LogP contribution in [0.25, 0.3) is 6.08 Å². The van der Waals surface area contributed by atoms with Crippen molar-refractivity contribution in [2.45, 2.75) is 0 Å². The summed E-state index contributed by atoms with van der Waals surface area (Å²) in [5.41, 5.74) is 1.29. The van der Waals surface area contributed by atoms with Crippen molar-refractivity contribution in [1.29, 1.82) is 0 Å². The quantitative estimate of drug-likeness (QED) is 0.565. The molecule has 0 bridgehead atoms. The van der Waals surface area contributed by atoms with Crippen LogP contribution in [0.3, 0.4) is 0 Å². The molecule has 7 heteroatoms. The van der Waals surface area contributed by atoms with Crippen molar-refractivity contribution in [2.24, 2.45) is 0 Å². The second-order valence-electron chi connectivity index (χ2n) is 4.43. The van der Waals surface area contributed by atoms with Gasteiger partial charge in [-0.2, -0.15) is 0 Å². The maximum Gasteiger partial charge on any atom is 0.250 e. The van der Waals surface area contributed by atoms with Gasteiger partial charge < -0.3 is 5.32 Å². The van der Waals surface area contributed by atoms with Crippen molar-refractivity contribution in [3.63, 3.8) is 0 Å². The molecule has 0 saturated heterocycles. The van der Waals surface area contributed by atoms with Crippen molar-refractivity contribution in [3.8, 4) is 0 Å². The van der Waals surface area contributed by atoms with E-state index in [0.29, 0.717) is 20.8 Å². The Morgan fingerprint density at radius 2 is 1.65 bits per heavy atom. The lowest BCUT2D eigenvalue weighted by Gasteiger charge is -2.11. The summed E-state index contributed by atoms with van der Waals surface area (Å²) < 4.78 is 0. The molecular weight excluding hydrogens is 375 g/mol. The summed E-state index contributed by atoms with van der Waals surface area (Å²) in [6.45, 7) is 0. The number of hydrogen-bond acceptors (Lipinski definition) is 2. The molecule has 2 aromatic rings. The van der Waals surface area contributed by atoms with Gasteiger partial charge >= 0.3 is 0 Å². The average Bonchev–Trinajstić information content (AvgIpc) is 2.50. The largest absolute Gasteiger partial charge is 0.330 e. The maximum atomic E-state index is 11.8. The SMILES string of the molecule is O=C(/C=C/c1ccccc1)NC(=S)Nc1c(Cl)cc(Cl)cc1Cl. The lowest BCUT2D eigenvalue weighted by atomic mass is 10.2. The van der Waals surface area contributed by atoms with Crippen LogP contribution in [0.1, 0.15) is 5.56 Å². The first-order valence-electron chi connectivity index (χ1n) is 6.45. The molecule has 3 nitrogen and oxygen atoms in total.